The van der Waals surface area contributed by atoms with Gasteiger partial charge < -0.3 is 9.84 Å². The minimum absolute atomic E-state index is 0.212. The first-order chi connectivity index (χ1) is 12.7. The summed E-state index contributed by atoms with van der Waals surface area (Å²) < 4.78 is 4.99. The summed E-state index contributed by atoms with van der Waals surface area (Å²) in [7, 11) is 0. The van der Waals surface area contributed by atoms with E-state index in [1.54, 1.807) is 31.2 Å². The number of benzene rings is 2. The highest BCUT2D eigenvalue weighted by Gasteiger charge is 2.10. The third-order valence-electron chi connectivity index (χ3n) is 3.74. The summed E-state index contributed by atoms with van der Waals surface area (Å²) in [6, 6.07) is 14.4. The fraction of sp³-hybridized carbons (Fsp3) is 0.0556. The lowest BCUT2D eigenvalue weighted by atomic mass is 10.1. The van der Waals surface area contributed by atoms with E-state index in [1.165, 1.54) is 6.33 Å². The van der Waals surface area contributed by atoms with Crippen LogP contribution in [0.1, 0.15) is 16.2 Å². The maximum atomic E-state index is 12.5. The number of aryl methyl sites for hydroxylation is 1. The third-order valence-corrected chi connectivity index (χ3v) is 3.74. The van der Waals surface area contributed by atoms with Gasteiger partial charge in [0.05, 0.1) is 0 Å². The molecule has 2 heterocycles. The van der Waals surface area contributed by atoms with Crippen LogP contribution in [0.4, 0.5) is 5.69 Å². The number of anilines is 1. The molecule has 2 N–H and O–H groups in total. The first-order valence-electron chi connectivity index (χ1n) is 7.87. The Morgan fingerprint density at radius 2 is 1.96 bits per heavy atom. The van der Waals surface area contributed by atoms with Gasteiger partial charge in [0.15, 0.2) is 5.82 Å². The molecule has 0 atom stereocenters. The van der Waals surface area contributed by atoms with E-state index >= 15 is 0 Å². The molecule has 0 aliphatic heterocycles. The standard InChI is InChI=1S/C18H14N6O2/c1-11-21-17(24-26-11)14-3-2-4-15(9-14)22-18(25)13-7-5-12(6-8-13)16-19-10-20-23-16/h2-10H,1H3,(H,22,25)(H,19,20,23). The SMILES string of the molecule is Cc1nc(-c2cccc(NC(=O)c3ccc(-c4ncn[nH]4)cc3)c2)no1. The van der Waals surface area contributed by atoms with Crippen molar-refractivity contribution in [3.63, 3.8) is 0 Å². The summed E-state index contributed by atoms with van der Waals surface area (Å²) in [4.78, 5) is 20.7. The number of nitrogens with zero attached hydrogens (tertiary/aromatic N) is 4. The van der Waals surface area contributed by atoms with Crippen LogP contribution in [0.2, 0.25) is 0 Å². The van der Waals surface area contributed by atoms with Crippen LogP contribution in [0.3, 0.4) is 0 Å². The molecule has 0 aliphatic carbocycles. The van der Waals surface area contributed by atoms with E-state index in [2.05, 4.69) is 30.6 Å². The van der Waals surface area contributed by atoms with Crippen molar-refractivity contribution in [2.24, 2.45) is 0 Å². The number of carbonyl (C=O) groups excluding carboxylic acids is 1. The summed E-state index contributed by atoms with van der Waals surface area (Å²) in [5.74, 6) is 1.41. The monoisotopic (exact) mass is 346 g/mol. The Bertz CT molecular complexity index is 1040. The summed E-state index contributed by atoms with van der Waals surface area (Å²) >= 11 is 0. The average molecular weight is 346 g/mol. The van der Waals surface area contributed by atoms with Crippen molar-refractivity contribution >= 4 is 11.6 Å². The van der Waals surface area contributed by atoms with E-state index in [0.29, 0.717) is 28.8 Å². The lowest BCUT2D eigenvalue weighted by molar-refractivity contribution is 0.102. The highest BCUT2D eigenvalue weighted by Crippen LogP contribution is 2.21. The second kappa shape index (κ2) is 6.60. The molecule has 8 nitrogen and oxygen atoms in total. The zero-order valence-electron chi connectivity index (χ0n) is 13.8. The van der Waals surface area contributed by atoms with Crippen molar-refractivity contribution in [2.45, 2.75) is 6.92 Å². The fourth-order valence-corrected chi connectivity index (χ4v) is 2.48. The molecule has 4 rings (SSSR count). The van der Waals surface area contributed by atoms with Gasteiger partial charge in [0.2, 0.25) is 11.7 Å². The molecule has 1 amide bonds. The van der Waals surface area contributed by atoms with Crippen molar-refractivity contribution in [1.82, 2.24) is 25.3 Å². The van der Waals surface area contributed by atoms with Gasteiger partial charge in [0.1, 0.15) is 6.33 Å². The van der Waals surface area contributed by atoms with Gasteiger partial charge in [-0.3, -0.25) is 9.89 Å². The molecule has 0 radical (unpaired) electrons. The van der Waals surface area contributed by atoms with E-state index in [0.717, 1.165) is 11.1 Å². The van der Waals surface area contributed by atoms with Gasteiger partial charge in [-0.25, -0.2) is 4.98 Å². The Kier molecular flexibility index (Phi) is 3.98. The third kappa shape index (κ3) is 3.20. The number of nitrogens with one attached hydrogen (secondary N) is 2. The summed E-state index contributed by atoms with van der Waals surface area (Å²) in [6.07, 6.45) is 1.44. The van der Waals surface area contributed by atoms with Gasteiger partial charge in [-0.2, -0.15) is 10.1 Å². The predicted octanol–water partition coefficient (Wildman–Crippen LogP) is 3.08. The molecule has 0 saturated heterocycles. The summed E-state index contributed by atoms with van der Waals surface area (Å²) in [6.45, 7) is 1.73. The minimum atomic E-state index is -0.212. The number of rotatable bonds is 4. The number of H-pyrrole nitrogens is 1. The zero-order chi connectivity index (χ0) is 17.9. The quantitative estimate of drug-likeness (QED) is 0.587. The predicted molar refractivity (Wildman–Crippen MR) is 94.2 cm³/mol. The number of hydrogen-bond acceptors (Lipinski definition) is 6. The molecule has 2 aromatic carbocycles. The molecule has 2 aromatic heterocycles. The van der Waals surface area contributed by atoms with Gasteiger partial charge in [-0.05, 0) is 24.3 Å². The molecule has 4 aromatic rings. The van der Waals surface area contributed by atoms with Crippen LogP contribution >= 0.6 is 0 Å². The second-order valence-electron chi connectivity index (χ2n) is 5.58. The molecular weight excluding hydrogens is 332 g/mol. The van der Waals surface area contributed by atoms with Crippen LogP contribution in [-0.4, -0.2) is 31.2 Å². The first kappa shape index (κ1) is 15.7. The van der Waals surface area contributed by atoms with Gasteiger partial charge in [-0.15, -0.1) is 0 Å². The van der Waals surface area contributed by atoms with Crippen molar-refractivity contribution < 1.29 is 9.32 Å². The van der Waals surface area contributed by atoms with Crippen LogP contribution in [0.25, 0.3) is 22.8 Å². The number of aromatic nitrogens is 5. The van der Waals surface area contributed by atoms with E-state index in [1.807, 2.05) is 24.3 Å². The Labute approximate surface area is 148 Å². The molecule has 8 heteroatoms. The van der Waals surface area contributed by atoms with Crippen LogP contribution < -0.4 is 5.32 Å². The molecular formula is C18H14N6O2. The average Bonchev–Trinajstić information content (AvgIpc) is 3.34. The molecule has 0 bridgehead atoms. The lowest BCUT2D eigenvalue weighted by Gasteiger charge is -2.07. The van der Waals surface area contributed by atoms with E-state index in [9.17, 15) is 4.79 Å². The van der Waals surface area contributed by atoms with E-state index in [-0.39, 0.29) is 5.91 Å². The zero-order valence-corrected chi connectivity index (χ0v) is 13.8. The van der Waals surface area contributed by atoms with Crippen LogP contribution in [0.5, 0.6) is 0 Å². The molecule has 128 valence electrons. The lowest BCUT2D eigenvalue weighted by Crippen LogP contribution is -2.11. The number of amides is 1. The molecule has 26 heavy (non-hydrogen) atoms. The second-order valence-corrected chi connectivity index (χ2v) is 5.58. The maximum Gasteiger partial charge on any atom is 0.255 e. The van der Waals surface area contributed by atoms with Crippen molar-refractivity contribution in [2.75, 3.05) is 5.32 Å². The van der Waals surface area contributed by atoms with E-state index in [4.69, 9.17) is 4.52 Å². The van der Waals surface area contributed by atoms with Crippen LogP contribution in [0, 0.1) is 6.92 Å². The summed E-state index contributed by atoms with van der Waals surface area (Å²) in [5.41, 5.74) is 2.80. The highest BCUT2D eigenvalue weighted by molar-refractivity contribution is 6.04. The largest absolute Gasteiger partial charge is 0.339 e. The van der Waals surface area contributed by atoms with Crippen molar-refractivity contribution in [1.29, 1.82) is 0 Å². The van der Waals surface area contributed by atoms with Crippen LogP contribution in [-0.2, 0) is 0 Å². The molecule has 0 unspecified atom stereocenters. The fourth-order valence-electron chi connectivity index (χ4n) is 2.48. The van der Waals surface area contributed by atoms with Gasteiger partial charge >= 0.3 is 0 Å². The molecule has 0 aliphatic rings. The number of hydrogen-bond donors (Lipinski definition) is 2. The maximum absolute atomic E-state index is 12.5. The van der Waals surface area contributed by atoms with Gasteiger partial charge in [0.25, 0.3) is 5.91 Å². The van der Waals surface area contributed by atoms with Crippen molar-refractivity contribution in [3.8, 4) is 22.8 Å². The Morgan fingerprint density at radius 3 is 2.65 bits per heavy atom. The number of carbonyl (C=O) groups is 1. The van der Waals surface area contributed by atoms with E-state index < -0.39 is 0 Å². The minimum Gasteiger partial charge on any atom is -0.339 e. The normalized spacial score (nSPS) is 10.7. The Hall–Kier alpha value is -3.81. The van der Waals surface area contributed by atoms with Gasteiger partial charge in [0, 0.05) is 29.3 Å². The van der Waals surface area contributed by atoms with Crippen molar-refractivity contribution in [3.05, 3.63) is 66.3 Å². The van der Waals surface area contributed by atoms with Gasteiger partial charge in [-0.1, -0.05) is 29.4 Å². The highest BCUT2D eigenvalue weighted by atomic mass is 16.5. The Morgan fingerprint density at radius 1 is 1.12 bits per heavy atom. The molecule has 0 fully saturated rings. The number of aromatic amines is 1. The van der Waals surface area contributed by atoms with Crippen LogP contribution in [0.15, 0.2) is 59.4 Å². The molecule has 0 saturated carbocycles. The summed E-state index contributed by atoms with van der Waals surface area (Å²) in [5, 5.41) is 13.4. The Balaban J connectivity index is 1.51. The smallest absolute Gasteiger partial charge is 0.255 e. The molecule has 0 spiro atoms. The topological polar surface area (TPSA) is 110 Å². The first-order valence-corrected chi connectivity index (χ1v) is 7.87.